The third-order valence-corrected chi connectivity index (χ3v) is 6.32. The van der Waals surface area contributed by atoms with Crippen LogP contribution in [0.3, 0.4) is 0 Å². The lowest BCUT2D eigenvalue weighted by molar-refractivity contribution is -0.126. The van der Waals surface area contributed by atoms with Gasteiger partial charge in [0.2, 0.25) is 15.9 Å². The summed E-state index contributed by atoms with van der Waals surface area (Å²) in [6, 6.07) is 10.6. The van der Waals surface area contributed by atoms with Crippen molar-refractivity contribution in [3.63, 3.8) is 0 Å². The standard InChI is InChI=1S/C18H20FN3O3S/c19-16-10-17(13-20-12-16)26(24,25)22-8-6-15(7-9-22)18(23)21-11-14-4-2-1-3-5-14/h1-5,10,12-13,15H,6-9,11H2,(H,21,23). The Morgan fingerprint density at radius 2 is 1.88 bits per heavy atom. The minimum Gasteiger partial charge on any atom is -0.352 e. The summed E-state index contributed by atoms with van der Waals surface area (Å²) in [6.07, 6.45) is 2.96. The number of halogens is 1. The van der Waals surface area contributed by atoms with Crippen molar-refractivity contribution < 1.29 is 17.6 Å². The first-order chi connectivity index (χ1) is 12.5. The highest BCUT2D eigenvalue weighted by atomic mass is 32.2. The van der Waals surface area contributed by atoms with Crippen molar-refractivity contribution >= 4 is 15.9 Å². The number of amides is 1. The number of hydrogen-bond acceptors (Lipinski definition) is 4. The highest BCUT2D eigenvalue weighted by Gasteiger charge is 2.32. The third-order valence-electron chi connectivity index (χ3n) is 4.45. The molecule has 1 aromatic carbocycles. The summed E-state index contributed by atoms with van der Waals surface area (Å²) in [5, 5.41) is 2.89. The molecule has 8 heteroatoms. The van der Waals surface area contributed by atoms with Crippen LogP contribution in [0.15, 0.2) is 53.7 Å². The van der Waals surface area contributed by atoms with Gasteiger partial charge in [0.25, 0.3) is 0 Å². The number of piperidine rings is 1. The predicted octanol–water partition coefficient (Wildman–Crippen LogP) is 1.94. The Balaban J connectivity index is 1.56. The molecule has 0 radical (unpaired) electrons. The summed E-state index contributed by atoms with van der Waals surface area (Å²) in [5.41, 5.74) is 1.01. The maximum absolute atomic E-state index is 13.3. The smallest absolute Gasteiger partial charge is 0.244 e. The largest absolute Gasteiger partial charge is 0.352 e. The lowest BCUT2D eigenvalue weighted by Gasteiger charge is -2.30. The van der Waals surface area contributed by atoms with Gasteiger partial charge in [-0.3, -0.25) is 9.78 Å². The molecule has 0 unspecified atom stereocenters. The first-order valence-corrected chi connectivity index (χ1v) is 9.83. The molecule has 3 rings (SSSR count). The van der Waals surface area contributed by atoms with E-state index in [1.54, 1.807) is 0 Å². The number of carbonyl (C=O) groups excluding carboxylic acids is 1. The minimum absolute atomic E-state index is 0.0710. The number of pyridine rings is 1. The normalized spacial score (nSPS) is 16.3. The predicted molar refractivity (Wildman–Crippen MR) is 94.0 cm³/mol. The van der Waals surface area contributed by atoms with Gasteiger partial charge in [-0.2, -0.15) is 4.31 Å². The molecule has 1 aliphatic heterocycles. The van der Waals surface area contributed by atoms with Crippen molar-refractivity contribution in [2.45, 2.75) is 24.3 Å². The van der Waals surface area contributed by atoms with Crippen LogP contribution in [0.1, 0.15) is 18.4 Å². The van der Waals surface area contributed by atoms with Gasteiger partial charge in [0.15, 0.2) is 0 Å². The van der Waals surface area contributed by atoms with E-state index in [-0.39, 0.29) is 29.8 Å². The first-order valence-electron chi connectivity index (χ1n) is 8.39. The van der Waals surface area contributed by atoms with Crippen molar-refractivity contribution in [3.8, 4) is 0 Å². The molecule has 0 spiro atoms. The number of aromatic nitrogens is 1. The highest BCUT2D eigenvalue weighted by Crippen LogP contribution is 2.24. The number of sulfonamides is 1. The van der Waals surface area contributed by atoms with Crippen molar-refractivity contribution in [1.29, 1.82) is 0 Å². The van der Waals surface area contributed by atoms with Gasteiger partial charge in [-0.15, -0.1) is 0 Å². The van der Waals surface area contributed by atoms with E-state index < -0.39 is 15.8 Å². The van der Waals surface area contributed by atoms with Crippen LogP contribution in [0.5, 0.6) is 0 Å². The van der Waals surface area contributed by atoms with Crippen molar-refractivity contribution in [2.75, 3.05) is 13.1 Å². The molecule has 0 saturated carbocycles. The van der Waals surface area contributed by atoms with E-state index in [2.05, 4.69) is 10.3 Å². The number of nitrogens with one attached hydrogen (secondary N) is 1. The quantitative estimate of drug-likeness (QED) is 0.864. The number of rotatable bonds is 5. The van der Waals surface area contributed by atoms with Crippen LogP contribution < -0.4 is 5.32 Å². The molecule has 2 aromatic rings. The molecule has 1 saturated heterocycles. The SMILES string of the molecule is O=C(NCc1ccccc1)C1CCN(S(=O)(=O)c2cncc(F)c2)CC1. The Labute approximate surface area is 152 Å². The fourth-order valence-corrected chi connectivity index (χ4v) is 4.42. The Hall–Kier alpha value is -2.32. The summed E-state index contributed by atoms with van der Waals surface area (Å²) in [6.45, 7) is 0.900. The number of nitrogens with zero attached hydrogens (tertiary/aromatic N) is 2. The summed E-state index contributed by atoms with van der Waals surface area (Å²) >= 11 is 0. The molecule has 138 valence electrons. The molecular weight excluding hydrogens is 357 g/mol. The average molecular weight is 377 g/mol. The van der Waals surface area contributed by atoms with Gasteiger partial charge in [0.05, 0.1) is 6.20 Å². The third kappa shape index (κ3) is 4.25. The second-order valence-corrected chi connectivity index (χ2v) is 8.16. The van der Waals surface area contributed by atoms with Crippen molar-refractivity contribution in [2.24, 2.45) is 5.92 Å². The van der Waals surface area contributed by atoms with E-state index in [1.165, 1.54) is 4.31 Å². The van der Waals surface area contributed by atoms with Crippen LogP contribution in [-0.2, 0) is 21.4 Å². The maximum atomic E-state index is 13.3. The number of benzene rings is 1. The van der Waals surface area contributed by atoms with Crippen LogP contribution in [-0.4, -0.2) is 36.7 Å². The lowest BCUT2D eigenvalue weighted by Crippen LogP contribution is -2.42. The Morgan fingerprint density at radius 3 is 2.54 bits per heavy atom. The number of carbonyl (C=O) groups is 1. The lowest BCUT2D eigenvalue weighted by atomic mass is 9.97. The summed E-state index contributed by atoms with van der Waals surface area (Å²) in [5.74, 6) is -0.990. The zero-order valence-corrected chi connectivity index (χ0v) is 15.0. The van der Waals surface area contributed by atoms with Crippen LogP contribution >= 0.6 is 0 Å². The van der Waals surface area contributed by atoms with Crippen molar-refractivity contribution in [1.82, 2.24) is 14.6 Å². The Bertz CT molecular complexity index is 866. The van der Waals surface area contributed by atoms with E-state index in [1.807, 2.05) is 30.3 Å². The molecule has 6 nitrogen and oxygen atoms in total. The summed E-state index contributed by atoms with van der Waals surface area (Å²) < 4.78 is 39.6. The summed E-state index contributed by atoms with van der Waals surface area (Å²) in [4.78, 5) is 15.7. The zero-order valence-electron chi connectivity index (χ0n) is 14.1. The van der Waals surface area contributed by atoms with Gasteiger partial charge >= 0.3 is 0 Å². The topological polar surface area (TPSA) is 79.4 Å². The van der Waals surface area contributed by atoms with E-state index in [0.29, 0.717) is 19.4 Å². The molecule has 1 aromatic heterocycles. The molecule has 2 heterocycles. The second-order valence-electron chi connectivity index (χ2n) is 6.22. The van der Waals surface area contributed by atoms with Gasteiger partial charge in [-0.25, -0.2) is 12.8 Å². The molecule has 0 atom stereocenters. The second kappa shape index (κ2) is 7.92. The highest BCUT2D eigenvalue weighted by molar-refractivity contribution is 7.89. The number of hydrogen-bond donors (Lipinski definition) is 1. The molecule has 1 aliphatic rings. The van der Waals surface area contributed by atoms with Gasteiger partial charge in [-0.1, -0.05) is 30.3 Å². The molecule has 26 heavy (non-hydrogen) atoms. The fraction of sp³-hybridized carbons (Fsp3) is 0.333. The molecule has 1 fully saturated rings. The van der Waals surface area contributed by atoms with Crippen molar-refractivity contribution in [3.05, 3.63) is 60.2 Å². The van der Waals surface area contributed by atoms with Gasteiger partial charge < -0.3 is 5.32 Å². The van der Waals surface area contributed by atoms with E-state index >= 15 is 0 Å². The average Bonchev–Trinajstić information content (AvgIpc) is 2.67. The minimum atomic E-state index is -3.79. The first kappa shape index (κ1) is 18.5. The van der Waals surface area contributed by atoms with Crippen LogP contribution in [0, 0.1) is 11.7 Å². The van der Waals surface area contributed by atoms with Gasteiger partial charge in [0.1, 0.15) is 10.7 Å². The maximum Gasteiger partial charge on any atom is 0.244 e. The van der Waals surface area contributed by atoms with E-state index in [4.69, 9.17) is 0 Å². The van der Waals surface area contributed by atoms with Crippen LogP contribution in [0.2, 0.25) is 0 Å². The monoisotopic (exact) mass is 377 g/mol. The fourth-order valence-electron chi connectivity index (χ4n) is 2.97. The molecular formula is C18H20FN3O3S. The molecule has 0 aliphatic carbocycles. The van der Waals surface area contributed by atoms with Crippen LogP contribution in [0.25, 0.3) is 0 Å². The summed E-state index contributed by atoms with van der Waals surface area (Å²) in [7, 11) is -3.79. The van der Waals surface area contributed by atoms with Crippen LogP contribution in [0.4, 0.5) is 4.39 Å². The van der Waals surface area contributed by atoms with E-state index in [0.717, 1.165) is 24.0 Å². The molecule has 1 amide bonds. The van der Waals surface area contributed by atoms with Gasteiger partial charge in [-0.05, 0) is 24.5 Å². The molecule has 0 bridgehead atoms. The Kier molecular flexibility index (Phi) is 5.63. The Morgan fingerprint density at radius 1 is 1.19 bits per heavy atom. The van der Waals surface area contributed by atoms with E-state index in [9.17, 15) is 17.6 Å². The zero-order chi connectivity index (χ0) is 18.6. The molecule has 1 N–H and O–H groups in total. The van der Waals surface area contributed by atoms with Gasteiger partial charge in [0, 0.05) is 31.7 Å².